The topological polar surface area (TPSA) is 97.4 Å². The second kappa shape index (κ2) is 7.21. The van der Waals surface area contributed by atoms with E-state index < -0.39 is 10.0 Å². The molecule has 0 fully saturated rings. The highest BCUT2D eigenvalue weighted by Crippen LogP contribution is 2.27. The monoisotopic (exact) mass is 335 g/mol. The van der Waals surface area contributed by atoms with Crippen molar-refractivity contribution in [3.63, 3.8) is 0 Å². The van der Waals surface area contributed by atoms with Crippen molar-refractivity contribution in [2.75, 3.05) is 12.4 Å². The molecule has 1 heterocycles. The highest BCUT2D eigenvalue weighted by molar-refractivity contribution is 7.89. The molecular formula is C15H17N3O4S. The minimum atomic E-state index is -3.72. The summed E-state index contributed by atoms with van der Waals surface area (Å²) in [6.07, 6.45) is 3.18. The lowest BCUT2D eigenvalue weighted by molar-refractivity contribution is -0.114. The zero-order valence-corrected chi connectivity index (χ0v) is 13.6. The standard InChI is InChI=1S/C15H17N3O4S/c1-11(19)18-14-9-13(3-4-15(14)22-2)23(20,21)17-10-12-5-7-16-8-6-12/h3-9,17H,10H2,1-2H3,(H,18,19). The second-order valence-corrected chi connectivity index (χ2v) is 6.49. The van der Waals surface area contributed by atoms with Crippen molar-refractivity contribution < 1.29 is 17.9 Å². The quantitative estimate of drug-likeness (QED) is 0.834. The van der Waals surface area contributed by atoms with Crippen molar-refractivity contribution in [1.29, 1.82) is 0 Å². The SMILES string of the molecule is COc1ccc(S(=O)(=O)NCc2ccncc2)cc1NC(C)=O. The molecule has 7 nitrogen and oxygen atoms in total. The van der Waals surface area contributed by atoms with Gasteiger partial charge in [-0.3, -0.25) is 9.78 Å². The van der Waals surface area contributed by atoms with Gasteiger partial charge >= 0.3 is 0 Å². The summed E-state index contributed by atoms with van der Waals surface area (Å²) >= 11 is 0. The van der Waals surface area contributed by atoms with Gasteiger partial charge in [0.2, 0.25) is 15.9 Å². The van der Waals surface area contributed by atoms with E-state index in [2.05, 4.69) is 15.0 Å². The molecule has 8 heteroatoms. The first-order valence-electron chi connectivity index (χ1n) is 6.76. The van der Waals surface area contributed by atoms with E-state index in [-0.39, 0.29) is 17.3 Å². The molecule has 0 saturated heterocycles. The number of anilines is 1. The molecule has 0 spiro atoms. The summed E-state index contributed by atoms with van der Waals surface area (Å²) in [6, 6.07) is 7.71. The van der Waals surface area contributed by atoms with E-state index in [4.69, 9.17) is 4.74 Å². The maximum absolute atomic E-state index is 12.4. The van der Waals surface area contributed by atoms with Gasteiger partial charge in [0.15, 0.2) is 0 Å². The zero-order chi connectivity index (χ0) is 16.9. The van der Waals surface area contributed by atoms with Crippen LogP contribution >= 0.6 is 0 Å². The van der Waals surface area contributed by atoms with Crippen molar-refractivity contribution in [1.82, 2.24) is 9.71 Å². The second-order valence-electron chi connectivity index (χ2n) is 4.72. The highest BCUT2D eigenvalue weighted by Gasteiger charge is 2.16. The van der Waals surface area contributed by atoms with Crippen LogP contribution in [0.15, 0.2) is 47.6 Å². The molecule has 0 unspecified atom stereocenters. The average Bonchev–Trinajstić information content (AvgIpc) is 2.53. The van der Waals surface area contributed by atoms with E-state index in [9.17, 15) is 13.2 Å². The van der Waals surface area contributed by atoms with Crippen LogP contribution in [-0.4, -0.2) is 26.4 Å². The van der Waals surface area contributed by atoms with Gasteiger partial charge in [-0.25, -0.2) is 13.1 Å². The van der Waals surface area contributed by atoms with Gasteiger partial charge < -0.3 is 10.1 Å². The number of nitrogens with one attached hydrogen (secondary N) is 2. The molecule has 0 aliphatic carbocycles. The Bertz CT molecular complexity index is 792. The minimum Gasteiger partial charge on any atom is -0.495 e. The Labute approximate surface area is 134 Å². The molecule has 0 bridgehead atoms. The van der Waals surface area contributed by atoms with Gasteiger partial charge in [0, 0.05) is 25.9 Å². The lowest BCUT2D eigenvalue weighted by atomic mass is 10.3. The Morgan fingerprint density at radius 3 is 2.52 bits per heavy atom. The largest absolute Gasteiger partial charge is 0.495 e. The summed E-state index contributed by atoms with van der Waals surface area (Å²) in [6.45, 7) is 1.48. The number of sulfonamides is 1. The van der Waals surface area contributed by atoms with Crippen LogP contribution in [0.3, 0.4) is 0 Å². The number of amides is 1. The van der Waals surface area contributed by atoms with Gasteiger partial charge in [-0.05, 0) is 35.9 Å². The lowest BCUT2D eigenvalue weighted by Gasteiger charge is -2.12. The van der Waals surface area contributed by atoms with Crippen LogP contribution in [0, 0.1) is 0 Å². The highest BCUT2D eigenvalue weighted by atomic mass is 32.2. The van der Waals surface area contributed by atoms with E-state index in [1.807, 2.05) is 0 Å². The summed E-state index contributed by atoms with van der Waals surface area (Å²) in [5.74, 6) is 0.0656. The maximum atomic E-state index is 12.4. The van der Waals surface area contributed by atoms with Gasteiger partial charge in [0.25, 0.3) is 0 Å². The van der Waals surface area contributed by atoms with E-state index in [0.29, 0.717) is 11.4 Å². The molecule has 2 aromatic rings. The zero-order valence-electron chi connectivity index (χ0n) is 12.7. The van der Waals surface area contributed by atoms with Crippen LogP contribution in [0.1, 0.15) is 12.5 Å². The molecule has 0 aliphatic rings. The molecular weight excluding hydrogens is 318 g/mol. The molecule has 0 radical (unpaired) electrons. The van der Waals surface area contributed by atoms with Crippen molar-refractivity contribution in [3.05, 3.63) is 48.3 Å². The summed E-state index contributed by atoms with van der Waals surface area (Å²) in [5, 5.41) is 2.55. The van der Waals surface area contributed by atoms with Crippen LogP contribution in [0.4, 0.5) is 5.69 Å². The number of carbonyl (C=O) groups excluding carboxylic acids is 1. The summed E-state index contributed by atoms with van der Waals surface area (Å²) < 4.78 is 32.3. The third-order valence-electron chi connectivity index (χ3n) is 3.01. The van der Waals surface area contributed by atoms with Gasteiger partial charge in [-0.2, -0.15) is 0 Å². The maximum Gasteiger partial charge on any atom is 0.240 e. The number of aromatic nitrogens is 1. The average molecular weight is 335 g/mol. The Morgan fingerprint density at radius 1 is 1.22 bits per heavy atom. The van der Waals surface area contributed by atoms with Crippen molar-refractivity contribution >= 4 is 21.6 Å². The number of pyridine rings is 1. The molecule has 1 amide bonds. The number of benzene rings is 1. The fraction of sp³-hybridized carbons (Fsp3) is 0.200. The Balaban J connectivity index is 2.23. The van der Waals surface area contributed by atoms with E-state index >= 15 is 0 Å². The normalized spacial score (nSPS) is 11.0. The number of methoxy groups -OCH3 is 1. The Morgan fingerprint density at radius 2 is 1.91 bits per heavy atom. The predicted molar refractivity (Wildman–Crippen MR) is 85.6 cm³/mol. The molecule has 2 N–H and O–H groups in total. The number of hydrogen-bond acceptors (Lipinski definition) is 5. The molecule has 23 heavy (non-hydrogen) atoms. The molecule has 1 aromatic heterocycles. The fourth-order valence-electron chi connectivity index (χ4n) is 1.90. The van der Waals surface area contributed by atoms with Gasteiger partial charge in [0.1, 0.15) is 5.75 Å². The number of hydrogen-bond donors (Lipinski definition) is 2. The van der Waals surface area contributed by atoms with E-state index in [1.54, 1.807) is 24.5 Å². The smallest absolute Gasteiger partial charge is 0.240 e. The van der Waals surface area contributed by atoms with Crippen LogP contribution < -0.4 is 14.8 Å². The fourth-order valence-corrected chi connectivity index (χ4v) is 2.95. The number of carbonyl (C=O) groups is 1. The van der Waals surface area contributed by atoms with Crippen molar-refractivity contribution in [3.8, 4) is 5.75 Å². The summed E-state index contributed by atoms with van der Waals surface area (Å²) in [5.41, 5.74) is 1.09. The van der Waals surface area contributed by atoms with Crippen LogP contribution in [-0.2, 0) is 21.4 Å². The first-order valence-corrected chi connectivity index (χ1v) is 8.25. The van der Waals surface area contributed by atoms with Crippen LogP contribution in [0.25, 0.3) is 0 Å². The number of ether oxygens (including phenoxy) is 1. The third kappa shape index (κ3) is 4.51. The molecule has 0 atom stereocenters. The number of nitrogens with zero attached hydrogens (tertiary/aromatic N) is 1. The summed E-state index contributed by atoms with van der Waals surface area (Å²) in [7, 11) is -2.28. The van der Waals surface area contributed by atoms with Gasteiger partial charge in [-0.1, -0.05) is 0 Å². The van der Waals surface area contributed by atoms with E-state index in [1.165, 1.54) is 32.2 Å². The molecule has 122 valence electrons. The molecule has 1 aromatic carbocycles. The van der Waals surface area contributed by atoms with Crippen molar-refractivity contribution in [2.24, 2.45) is 0 Å². The van der Waals surface area contributed by atoms with Crippen LogP contribution in [0.2, 0.25) is 0 Å². The minimum absolute atomic E-state index is 0.0381. The molecule has 0 aliphatic heterocycles. The Hall–Kier alpha value is -2.45. The van der Waals surface area contributed by atoms with Crippen molar-refractivity contribution in [2.45, 2.75) is 18.4 Å². The third-order valence-corrected chi connectivity index (χ3v) is 4.41. The first-order chi connectivity index (χ1) is 10.9. The summed E-state index contributed by atoms with van der Waals surface area (Å²) in [4.78, 5) is 15.1. The van der Waals surface area contributed by atoms with Gasteiger partial charge in [0.05, 0.1) is 17.7 Å². The van der Waals surface area contributed by atoms with E-state index in [0.717, 1.165) is 5.56 Å². The Kier molecular flexibility index (Phi) is 5.30. The lowest BCUT2D eigenvalue weighted by Crippen LogP contribution is -2.23. The van der Waals surface area contributed by atoms with Gasteiger partial charge in [-0.15, -0.1) is 0 Å². The predicted octanol–water partition coefficient (Wildman–Crippen LogP) is 1.53. The molecule has 2 rings (SSSR count). The first kappa shape index (κ1) is 16.9. The number of rotatable bonds is 6. The molecule has 0 saturated carbocycles. The van der Waals surface area contributed by atoms with Crippen LogP contribution in [0.5, 0.6) is 5.75 Å².